The molecule has 3 aromatic heterocycles. The normalized spacial score (nSPS) is 11.0. The summed E-state index contributed by atoms with van der Waals surface area (Å²) in [6.45, 7) is 0. The number of rotatable bonds is 2. The number of hydrogen-bond acceptors (Lipinski definition) is 4. The van der Waals surface area contributed by atoms with Crippen LogP contribution in [0.2, 0.25) is 0 Å². The molecule has 0 bridgehead atoms. The van der Waals surface area contributed by atoms with Crippen LogP contribution in [-0.4, -0.2) is 30.4 Å². The molecule has 0 saturated heterocycles. The summed E-state index contributed by atoms with van der Waals surface area (Å²) >= 11 is 0. The van der Waals surface area contributed by atoms with Gasteiger partial charge in [0.05, 0.1) is 18.0 Å². The molecule has 3 N–H and O–H groups in total. The van der Waals surface area contributed by atoms with Gasteiger partial charge in [-0.2, -0.15) is 10.2 Å². The topological polar surface area (TPSA) is 98.4 Å². The molecule has 7 heteroatoms. The van der Waals surface area contributed by atoms with Crippen LogP contribution in [0.4, 0.5) is 0 Å². The Morgan fingerprint density at radius 3 is 2.68 bits per heavy atom. The summed E-state index contributed by atoms with van der Waals surface area (Å²) in [6.07, 6.45) is 6.54. The van der Waals surface area contributed by atoms with Gasteiger partial charge in [0.25, 0.3) is 5.91 Å². The van der Waals surface area contributed by atoms with E-state index in [4.69, 9.17) is 5.73 Å². The molecule has 19 heavy (non-hydrogen) atoms. The number of nitrogens with two attached hydrogens (primary N) is 1. The second kappa shape index (κ2) is 3.84. The van der Waals surface area contributed by atoms with Gasteiger partial charge < -0.3 is 10.8 Å². The van der Waals surface area contributed by atoms with E-state index >= 15 is 0 Å². The van der Waals surface area contributed by atoms with Gasteiger partial charge in [0, 0.05) is 30.6 Å². The van der Waals surface area contributed by atoms with E-state index in [1.54, 1.807) is 30.2 Å². The zero-order valence-corrected chi connectivity index (χ0v) is 10.1. The third-order valence-corrected chi connectivity index (χ3v) is 2.90. The van der Waals surface area contributed by atoms with Gasteiger partial charge in [-0.3, -0.25) is 9.48 Å². The second-order valence-electron chi connectivity index (χ2n) is 4.23. The molecule has 3 aromatic rings. The SMILES string of the molecule is Cn1cc(-c2cc(O)c3c(C(N)=O)cnn3c2)cn1. The lowest BCUT2D eigenvalue weighted by Crippen LogP contribution is -2.10. The van der Waals surface area contributed by atoms with Crippen LogP contribution in [0.1, 0.15) is 10.4 Å². The minimum Gasteiger partial charge on any atom is -0.506 e. The second-order valence-corrected chi connectivity index (χ2v) is 4.23. The van der Waals surface area contributed by atoms with Crippen molar-refractivity contribution in [1.82, 2.24) is 19.4 Å². The van der Waals surface area contributed by atoms with E-state index in [2.05, 4.69) is 10.2 Å². The first-order chi connectivity index (χ1) is 9.06. The van der Waals surface area contributed by atoms with Crippen LogP contribution in [0.3, 0.4) is 0 Å². The molecule has 0 fully saturated rings. The van der Waals surface area contributed by atoms with Crippen molar-refractivity contribution in [1.29, 1.82) is 0 Å². The lowest BCUT2D eigenvalue weighted by Gasteiger charge is -2.03. The smallest absolute Gasteiger partial charge is 0.252 e. The minimum atomic E-state index is -0.626. The maximum Gasteiger partial charge on any atom is 0.252 e. The van der Waals surface area contributed by atoms with Gasteiger partial charge in [0.15, 0.2) is 0 Å². The fourth-order valence-electron chi connectivity index (χ4n) is 2.01. The predicted octanol–water partition coefficient (Wildman–Crippen LogP) is 0.539. The number of fused-ring (bicyclic) bond motifs is 1. The van der Waals surface area contributed by atoms with Crippen molar-refractivity contribution in [3.63, 3.8) is 0 Å². The number of carbonyl (C=O) groups excluding carboxylic acids is 1. The molecule has 0 aliphatic carbocycles. The molecule has 0 radical (unpaired) electrons. The Morgan fingerprint density at radius 2 is 2.05 bits per heavy atom. The van der Waals surface area contributed by atoms with E-state index in [0.717, 1.165) is 11.1 Å². The first kappa shape index (κ1) is 11.3. The highest BCUT2D eigenvalue weighted by Gasteiger charge is 2.15. The van der Waals surface area contributed by atoms with E-state index in [9.17, 15) is 9.90 Å². The van der Waals surface area contributed by atoms with Crippen molar-refractivity contribution in [3.05, 3.63) is 36.4 Å². The van der Waals surface area contributed by atoms with E-state index in [0.29, 0.717) is 5.52 Å². The average Bonchev–Trinajstić information content (AvgIpc) is 2.94. The van der Waals surface area contributed by atoms with Gasteiger partial charge >= 0.3 is 0 Å². The Hall–Kier alpha value is -2.83. The lowest BCUT2D eigenvalue weighted by atomic mass is 10.1. The predicted molar refractivity (Wildman–Crippen MR) is 67.6 cm³/mol. The fraction of sp³-hybridized carbons (Fsp3) is 0.0833. The van der Waals surface area contributed by atoms with Gasteiger partial charge in [0.1, 0.15) is 11.3 Å². The quantitative estimate of drug-likeness (QED) is 0.700. The Kier molecular flexibility index (Phi) is 2.28. The van der Waals surface area contributed by atoms with Gasteiger partial charge in [-0.05, 0) is 6.07 Å². The van der Waals surface area contributed by atoms with Crippen molar-refractivity contribution < 1.29 is 9.90 Å². The molecule has 0 unspecified atom stereocenters. The van der Waals surface area contributed by atoms with Crippen LogP contribution >= 0.6 is 0 Å². The Labute approximate surface area is 107 Å². The molecule has 3 heterocycles. The van der Waals surface area contributed by atoms with Crippen molar-refractivity contribution in [3.8, 4) is 16.9 Å². The Balaban J connectivity index is 2.24. The molecule has 0 saturated carbocycles. The third-order valence-electron chi connectivity index (χ3n) is 2.90. The minimum absolute atomic E-state index is 0.0485. The Bertz CT molecular complexity index is 787. The first-order valence-electron chi connectivity index (χ1n) is 5.55. The first-order valence-corrected chi connectivity index (χ1v) is 5.55. The molecule has 1 amide bonds. The van der Waals surface area contributed by atoms with Gasteiger partial charge in [-0.25, -0.2) is 4.52 Å². The average molecular weight is 257 g/mol. The van der Waals surface area contributed by atoms with Crippen molar-refractivity contribution in [2.24, 2.45) is 12.8 Å². The summed E-state index contributed by atoms with van der Waals surface area (Å²) in [4.78, 5) is 11.2. The van der Waals surface area contributed by atoms with Crippen LogP contribution in [-0.2, 0) is 7.05 Å². The number of pyridine rings is 1. The monoisotopic (exact) mass is 257 g/mol. The van der Waals surface area contributed by atoms with Crippen LogP contribution in [0.25, 0.3) is 16.6 Å². The lowest BCUT2D eigenvalue weighted by molar-refractivity contribution is 0.100. The highest BCUT2D eigenvalue weighted by atomic mass is 16.3. The number of aryl methyl sites for hydroxylation is 1. The van der Waals surface area contributed by atoms with Crippen LogP contribution in [0.5, 0.6) is 5.75 Å². The van der Waals surface area contributed by atoms with E-state index < -0.39 is 5.91 Å². The van der Waals surface area contributed by atoms with Gasteiger partial charge in [-0.1, -0.05) is 0 Å². The summed E-state index contributed by atoms with van der Waals surface area (Å²) in [5.74, 6) is -0.674. The largest absolute Gasteiger partial charge is 0.506 e. The highest BCUT2D eigenvalue weighted by molar-refractivity contribution is 6.01. The summed E-state index contributed by atoms with van der Waals surface area (Å²) in [5, 5.41) is 18.1. The summed E-state index contributed by atoms with van der Waals surface area (Å²) in [7, 11) is 1.81. The molecule has 0 aliphatic rings. The van der Waals surface area contributed by atoms with Crippen molar-refractivity contribution in [2.75, 3.05) is 0 Å². The molecule has 0 atom stereocenters. The number of hydrogen-bond donors (Lipinski definition) is 2. The van der Waals surface area contributed by atoms with Crippen LogP contribution in [0, 0.1) is 0 Å². The zero-order valence-electron chi connectivity index (χ0n) is 10.1. The molecular formula is C12H11N5O2. The fourth-order valence-corrected chi connectivity index (χ4v) is 2.01. The van der Waals surface area contributed by atoms with Gasteiger partial charge in [-0.15, -0.1) is 0 Å². The van der Waals surface area contributed by atoms with Crippen LogP contribution < -0.4 is 5.73 Å². The number of aromatic hydroxyl groups is 1. The van der Waals surface area contributed by atoms with E-state index in [-0.39, 0.29) is 11.3 Å². The number of primary amides is 1. The summed E-state index contributed by atoms with van der Waals surface area (Å²) < 4.78 is 3.09. The summed E-state index contributed by atoms with van der Waals surface area (Å²) in [6, 6.07) is 1.56. The summed E-state index contributed by atoms with van der Waals surface area (Å²) in [5.41, 5.74) is 7.32. The van der Waals surface area contributed by atoms with E-state index in [1.807, 2.05) is 6.20 Å². The maximum absolute atomic E-state index is 11.2. The highest BCUT2D eigenvalue weighted by Crippen LogP contribution is 2.28. The maximum atomic E-state index is 11.2. The number of nitrogens with zero attached hydrogens (tertiary/aromatic N) is 4. The standard InChI is InChI=1S/C12H11N5O2/c1-16-5-8(3-14-16)7-2-10(18)11-9(12(13)19)4-15-17(11)6-7/h2-6,18H,1H3,(H2,13,19). The molecule has 7 nitrogen and oxygen atoms in total. The number of amides is 1. The van der Waals surface area contributed by atoms with Gasteiger partial charge in [0.2, 0.25) is 0 Å². The Morgan fingerprint density at radius 1 is 1.26 bits per heavy atom. The molecule has 0 aromatic carbocycles. The molecular weight excluding hydrogens is 246 g/mol. The number of carbonyl (C=O) groups is 1. The zero-order chi connectivity index (χ0) is 13.6. The van der Waals surface area contributed by atoms with Crippen molar-refractivity contribution in [2.45, 2.75) is 0 Å². The van der Waals surface area contributed by atoms with Crippen LogP contribution in [0.15, 0.2) is 30.9 Å². The third kappa shape index (κ3) is 1.71. The van der Waals surface area contributed by atoms with E-state index in [1.165, 1.54) is 10.7 Å². The molecule has 0 spiro atoms. The molecule has 0 aliphatic heterocycles. The van der Waals surface area contributed by atoms with Crippen molar-refractivity contribution >= 4 is 11.4 Å². The molecule has 3 rings (SSSR count). The number of aromatic nitrogens is 4. The molecule has 96 valence electrons.